The van der Waals surface area contributed by atoms with Crippen LogP contribution in [0.5, 0.6) is 0 Å². The summed E-state index contributed by atoms with van der Waals surface area (Å²) in [5, 5.41) is 10.5. The summed E-state index contributed by atoms with van der Waals surface area (Å²) in [5.41, 5.74) is -0.664. The van der Waals surface area contributed by atoms with E-state index >= 15 is 0 Å². The lowest BCUT2D eigenvalue weighted by Gasteiger charge is -2.28. The number of hydrogen-bond acceptors (Lipinski definition) is 4. The molecule has 1 unspecified atom stereocenters. The van der Waals surface area contributed by atoms with Crippen LogP contribution in [-0.2, 0) is 9.53 Å². The van der Waals surface area contributed by atoms with Gasteiger partial charge in [0, 0.05) is 6.42 Å². The molecule has 19 heavy (non-hydrogen) atoms. The highest BCUT2D eigenvalue weighted by Gasteiger charge is 2.27. The van der Waals surface area contributed by atoms with Crippen molar-refractivity contribution in [1.29, 1.82) is 0 Å². The Hall–Kier alpha value is -1.10. The van der Waals surface area contributed by atoms with Crippen LogP contribution in [0.15, 0.2) is 0 Å². The van der Waals surface area contributed by atoms with Crippen molar-refractivity contribution < 1.29 is 19.5 Å². The number of ether oxygens (including phenoxy) is 1. The third kappa shape index (κ3) is 8.59. The predicted octanol–water partition coefficient (Wildman–Crippen LogP) is 3.54. The van der Waals surface area contributed by atoms with E-state index in [2.05, 4.69) is 6.92 Å². The number of ketones is 1. The quantitative estimate of drug-likeness (QED) is 0.437. The molecule has 0 aliphatic carbocycles. The van der Waals surface area contributed by atoms with Crippen molar-refractivity contribution in [2.24, 2.45) is 0 Å². The Balaban J connectivity index is 4.55. The topological polar surface area (TPSA) is 66.8 Å². The lowest BCUT2D eigenvalue weighted by molar-refractivity contribution is -0.134. The lowest BCUT2D eigenvalue weighted by atomic mass is 10.0. The summed E-state index contributed by atoms with van der Waals surface area (Å²) in [6.45, 7) is 8.72. The summed E-state index contributed by atoms with van der Waals surface area (Å²) in [4.78, 5) is 23.0. The predicted molar refractivity (Wildman–Crippen MR) is 73.1 cm³/mol. The minimum atomic E-state index is -0.796. The molecule has 0 aliphatic rings. The van der Waals surface area contributed by atoms with Crippen LogP contribution in [0, 0.1) is 0 Å². The lowest BCUT2D eigenvalue weighted by Crippen LogP contribution is -2.42. The molecule has 0 aromatic carbocycles. The highest BCUT2D eigenvalue weighted by molar-refractivity contribution is 5.77. The highest BCUT2D eigenvalue weighted by Crippen LogP contribution is 2.16. The molecule has 0 rings (SSSR count). The number of hydrogen-bond donors (Lipinski definition) is 1. The van der Waals surface area contributed by atoms with E-state index in [-0.39, 0.29) is 12.2 Å². The molecule has 1 N–H and O–H groups in total. The molecule has 0 spiro atoms. The van der Waals surface area contributed by atoms with Gasteiger partial charge in [0.25, 0.3) is 0 Å². The molecule has 0 aliphatic heterocycles. The first-order chi connectivity index (χ1) is 8.67. The van der Waals surface area contributed by atoms with Gasteiger partial charge < -0.3 is 4.74 Å². The normalized spacial score (nSPS) is 12.9. The van der Waals surface area contributed by atoms with Crippen molar-refractivity contribution in [3.05, 3.63) is 0 Å². The van der Waals surface area contributed by atoms with Crippen LogP contribution in [0.25, 0.3) is 0 Å². The molecule has 0 bridgehead atoms. The zero-order valence-corrected chi connectivity index (χ0v) is 12.7. The van der Waals surface area contributed by atoms with Gasteiger partial charge in [0.2, 0.25) is 0 Å². The molecular formula is C14H27NO4. The zero-order valence-electron chi connectivity index (χ0n) is 12.7. The van der Waals surface area contributed by atoms with E-state index in [1.165, 1.54) is 6.92 Å². The maximum Gasteiger partial charge on any atom is 0.434 e. The fraction of sp³-hybridized carbons (Fsp3) is 0.857. The molecule has 112 valence electrons. The molecule has 0 fully saturated rings. The van der Waals surface area contributed by atoms with Crippen molar-refractivity contribution in [3.63, 3.8) is 0 Å². The summed E-state index contributed by atoms with van der Waals surface area (Å²) >= 11 is 0. The summed E-state index contributed by atoms with van der Waals surface area (Å²) in [6.07, 6.45) is 2.88. The summed E-state index contributed by atoms with van der Waals surface area (Å²) < 4.78 is 5.09. The second-order valence-corrected chi connectivity index (χ2v) is 5.88. The number of Topliss-reactive ketones (excluding diaryl/α,β-unsaturated/α-hetero) is 1. The van der Waals surface area contributed by atoms with Crippen molar-refractivity contribution in [3.8, 4) is 0 Å². The van der Waals surface area contributed by atoms with Crippen molar-refractivity contribution in [1.82, 2.24) is 5.06 Å². The van der Waals surface area contributed by atoms with Crippen LogP contribution in [-0.4, -0.2) is 33.8 Å². The largest absolute Gasteiger partial charge is 0.442 e. The third-order valence-electron chi connectivity index (χ3n) is 2.59. The van der Waals surface area contributed by atoms with Gasteiger partial charge >= 0.3 is 6.09 Å². The average Bonchev–Trinajstić information content (AvgIpc) is 2.24. The van der Waals surface area contributed by atoms with Gasteiger partial charge in [0.15, 0.2) is 0 Å². The van der Waals surface area contributed by atoms with E-state index in [9.17, 15) is 14.8 Å². The number of nitrogens with zero attached hydrogens (tertiary/aromatic N) is 1. The van der Waals surface area contributed by atoms with Gasteiger partial charge in [-0.3, -0.25) is 10.0 Å². The molecule has 0 aromatic rings. The Bertz CT molecular complexity index is 296. The molecular weight excluding hydrogens is 246 g/mol. The van der Waals surface area contributed by atoms with Gasteiger partial charge in [-0.05, 0) is 34.1 Å². The number of unbranched alkanes of at least 4 members (excludes halogenated alkanes) is 2. The molecule has 1 amide bonds. The minimum absolute atomic E-state index is 0.0518. The smallest absolute Gasteiger partial charge is 0.434 e. The van der Waals surface area contributed by atoms with Crippen LogP contribution < -0.4 is 0 Å². The molecule has 1 atom stereocenters. The molecule has 0 saturated heterocycles. The van der Waals surface area contributed by atoms with E-state index < -0.39 is 17.7 Å². The van der Waals surface area contributed by atoms with Crippen LogP contribution in [0.2, 0.25) is 0 Å². The van der Waals surface area contributed by atoms with Gasteiger partial charge in [0.1, 0.15) is 11.4 Å². The number of rotatable bonds is 7. The van der Waals surface area contributed by atoms with Crippen LogP contribution in [0.3, 0.4) is 0 Å². The fourth-order valence-electron chi connectivity index (χ4n) is 1.73. The first-order valence-electron chi connectivity index (χ1n) is 6.88. The Labute approximate surface area is 115 Å². The van der Waals surface area contributed by atoms with Crippen LogP contribution in [0.1, 0.15) is 66.7 Å². The van der Waals surface area contributed by atoms with E-state index in [1.807, 2.05) is 0 Å². The molecule has 5 heteroatoms. The van der Waals surface area contributed by atoms with Crippen LogP contribution in [0.4, 0.5) is 4.79 Å². The van der Waals surface area contributed by atoms with Crippen molar-refractivity contribution >= 4 is 11.9 Å². The van der Waals surface area contributed by atoms with Gasteiger partial charge in [-0.1, -0.05) is 26.2 Å². The number of carbonyl (C=O) groups is 2. The Kier molecular flexibility index (Phi) is 7.68. The first kappa shape index (κ1) is 17.9. The Morgan fingerprint density at radius 3 is 2.26 bits per heavy atom. The Morgan fingerprint density at radius 2 is 1.84 bits per heavy atom. The monoisotopic (exact) mass is 273 g/mol. The average molecular weight is 273 g/mol. The van der Waals surface area contributed by atoms with Gasteiger partial charge in [0.05, 0.1) is 6.04 Å². The second kappa shape index (κ2) is 8.15. The number of amides is 1. The maximum atomic E-state index is 11.8. The first-order valence-corrected chi connectivity index (χ1v) is 6.88. The summed E-state index contributed by atoms with van der Waals surface area (Å²) in [7, 11) is 0. The molecule has 0 radical (unpaired) electrons. The fourth-order valence-corrected chi connectivity index (χ4v) is 1.73. The number of carbonyl (C=O) groups excluding carboxylic acids is 2. The number of hydroxylamine groups is 2. The molecule has 5 nitrogen and oxygen atoms in total. The molecule has 0 saturated carbocycles. The van der Waals surface area contributed by atoms with Crippen molar-refractivity contribution in [2.75, 3.05) is 0 Å². The van der Waals surface area contributed by atoms with Gasteiger partial charge in [-0.15, -0.1) is 0 Å². The van der Waals surface area contributed by atoms with E-state index in [0.29, 0.717) is 11.5 Å². The standard InChI is InChI=1S/C14H27NO4/c1-6-7-8-9-12(10-11(2)16)15(18)13(17)19-14(3,4)5/h12,18H,6-10H2,1-5H3. The third-order valence-corrected chi connectivity index (χ3v) is 2.59. The van der Waals surface area contributed by atoms with E-state index in [1.54, 1.807) is 20.8 Å². The molecule has 0 heterocycles. The molecule has 0 aromatic heterocycles. The summed E-state index contributed by atoms with van der Waals surface area (Å²) in [5.74, 6) is -0.0518. The van der Waals surface area contributed by atoms with Crippen molar-refractivity contribution in [2.45, 2.75) is 78.4 Å². The highest BCUT2D eigenvalue weighted by atomic mass is 16.6. The van der Waals surface area contributed by atoms with E-state index in [0.717, 1.165) is 19.3 Å². The summed E-state index contributed by atoms with van der Waals surface area (Å²) in [6, 6.07) is -0.501. The SMILES string of the molecule is CCCCCC(CC(C)=O)N(O)C(=O)OC(C)(C)C. The second-order valence-electron chi connectivity index (χ2n) is 5.88. The Morgan fingerprint density at radius 1 is 1.26 bits per heavy atom. The van der Waals surface area contributed by atoms with Gasteiger partial charge in [-0.25, -0.2) is 4.79 Å². The zero-order chi connectivity index (χ0) is 15.1. The maximum absolute atomic E-state index is 11.8. The van der Waals surface area contributed by atoms with Gasteiger partial charge in [-0.2, -0.15) is 5.06 Å². The minimum Gasteiger partial charge on any atom is -0.442 e. The van der Waals surface area contributed by atoms with E-state index in [4.69, 9.17) is 4.74 Å². The van der Waals surface area contributed by atoms with Crippen LogP contribution >= 0.6 is 0 Å².